The van der Waals surface area contributed by atoms with Gasteiger partial charge < -0.3 is 25.2 Å². The van der Waals surface area contributed by atoms with Crippen LogP contribution in [0.25, 0.3) is 10.4 Å². The van der Waals surface area contributed by atoms with Crippen molar-refractivity contribution in [1.29, 1.82) is 0 Å². The van der Waals surface area contributed by atoms with E-state index in [0.29, 0.717) is 57.9 Å². The zero-order valence-corrected chi connectivity index (χ0v) is 34.0. The SMILES string of the molecule is Cc1ccc(CS(=O)(=O)OCCCCCOCCOCCC(=O)N[C@H](CN2C[C@H](O)C[C@H]2C(=O)NCc2ccc(-c3scnc3C)cc2)C(C)(C)C)cc1. The van der Waals surface area contributed by atoms with Crippen LogP contribution in [0.3, 0.4) is 0 Å². The smallest absolute Gasteiger partial charge is 0.271 e. The van der Waals surface area contributed by atoms with Gasteiger partial charge in [0.25, 0.3) is 10.1 Å². The van der Waals surface area contributed by atoms with E-state index in [1.165, 1.54) is 0 Å². The number of benzene rings is 2. The maximum Gasteiger partial charge on any atom is 0.271 e. The van der Waals surface area contributed by atoms with Crippen molar-refractivity contribution in [3.63, 3.8) is 0 Å². The van der Waals surface area contributed by atoms with Crippen molar-refractivity contribution in [1.82, 2.24) is 20.5 Å². The minimum Gasteiger partial charge on any atom is -0.392 e. The van der Waals surface area contributed by atoms with Crippen LogP contribution >= 0.6 is 11.3 Å². The van der Waals surface area contributed by atoms with Gasteiger partial charge in [-0.25, -0.2) is 4.98 Å². The van der Waals surface area contributed by atoms with Gasteiger partial charge in [-0.3, -0.25) is 18.7 Å². The van der Waals surface area contributed by atoms with Gasteiger partial charge in [-0.05, 0) is 61.6 Å². The Kier molecular flexibility index (Phi) is 17.0. The molecule has 1 fully saturated rings. The molecule has 1 saturated heterocycles. The molecule has 1 aromatic heterocycles. The third-order valence-electron chi connectivity index (χ3n) is 9.42. The van der Waals surface area contributed by atoms with Gasteiger partial charge in [0.2, 0.25) is 11.8 Å². The third-order valence-corrected chi connectivity index (χ3v) is 11.6. The Hall–Kier alpha value is -3.24. The van der Waals surface area contributed by atoms with E-state index in [0.717, 1.165) is 40.1 Å². The molecule has 2 amide bonds. The van der Waals surface area contributed by atoms with Crippen molar-refractivity contribution < 1.29 is 36.8 Å². The number of aliphatic hydroxyl groups is 1. The molecule has 0 bridgehead atoms. The summed E-state index contributed by atoms with van der Waals surface area (Å²) in [6.45, 7) is 12.9. The van der Waals surface area contributed by atoms with Gasteiger partial charge in [-0.2, -0.15) is 8.42 Å². The molecule has 0 spiro atoms. The van der Waals surface area contributed by atoms with Gasteiger partial charge in [-0.15, -0.1) is 11.3 Å². The standard InChI is InChI=1S/C40H58N4O8S2/c1-29-9-11-32(12-10-29)27-54(48,49)52-19-8-6-7-18-50-21-22-51-20-17-37(46)43-36(40(3,4)5)26-44-25-34(45)23-35(44)39(47)41-24-31-13-15-33(16-14-31)38-30(2)42-28-53-38/h9-16,28,34-36,45H,6-8,17-27H2,1-5H3,(H,41,47)(H,43,46)/t34-,35+,36-/m1/s1. The van der Waals surface area contributed by atoms with Crippen molar-refractivity contribution in [2.24, 2.45) is 5.41 Å². The summed E-state index contributed by atoms with van der Waals surface area (Å²) in [5, 5.41) is 16.7. The van der Waals surface area contributed by atoms with Crippen molar-refractivity contribution in [2.45, 2.75) is 97.2 Å². The number of rotatable bonds is 22. The first-order chi connectivity index (χ1) is 25.7. The normalized spacial score (nSPS) is 17.1. The van der Waals surface area contributed by atoms with Crippen LogP contribution in [0.5, 0.6) is 0 Å². The molecule has 3 N–H and O–H groups in total. The monoisotopic (exact) mass is 786 g/mol. The molecule has 54 heavy (non-hydrogen) atoms. The second-order valence-electron chi connectivity index (χ2n) is 15.1. The maximum absolute atomic E-state index is 13.3. The van der Waals surface area contributed by atoms with Crippen LogP contribution in [-0.4, -0.2) is 99.5 Å². The molecule has 1 aliphatic rings. The predicted octanol–water partition coefficient (Wildman–Crippen LogP) is 5.15. The Labute approximate surface area is 325 Å². The lowest BCUT2D eigenvalue weighted by atomic mass is 9.86. The third kappa shape index (κ3) is 14.8. The molecule has 1 aliphatic heterocycles. The number of β-amino-alcohol motifs (C(OH)–C–C–N with tert-alkyl or cyclic N) is 1. The summed E-state index contributed by atoms with van der Waals surface area (Å²) in [6.07, 6.45) is 2.07. The number of likely N-dealkylation sites (tertiary alicyclic amines) is 1. The first-order valence-electron chi connectivity index (χ1n) is 18.8. The number of aliphatic hydroxyl groups excluding tert-OH is 1. The van der Waals surface area contributed by atoms with Crippen LogP contribution in [0, 0.1) is 19.3 Å². The van der Waals surface area contributed by atoms with Crippen LogP contribution in [0.1, 0.15) is 75.3 Å². The largest absolute Gasteiger partial charge is 0.392 e. The molecule has 14 heteroatoms. The van der Waals surface area contributed by atoms with E-state index in [9.17, 15) is 23.1 Å². The fourth-order valence-corrected chi connectivity index (χ4v) is 8.00. The van der Waals surface area contributed by atoms with Gasteiger partial charge in [-0.1, -0.05) is 74.9 Å². The Morgan fingerprint density at radius 1 is 0.944 bits per heavy atom. The Bertz CT molecular complexity index is 1710. The number of carbonyl (C=O) groups is 2. The van der Waals surface area contributed by atoms with E-state index < -0.39 is 22.3 Å². The van der Waals surface area contributed by atoms with Crippen molar-refractivity contribution in [2.75, 3.05) is 46.1 Å². The molecular formula is C40H58N4O8S2. The lowest BCUT2D eigenvalue weighted by molar-refractivity contribution is -0.126. The summed E-state index contributed by atoms with van der Waals surface area (Å²) in [5.41, 5.74) is 6.40. The fraction of sp³-hybridized carbons (Fsp3) is 0.575. The highest BCUT2D eigenvalue weighted by Crippen LogP contribution is 2.28. The van der Waals surface area contributed by atoms with E-state index in [-0.39, 0.29) is 48.7 Å². The fourth-order valence-electron chi connectivity index (χ4n) is 6.14. The minimum atomic E-state index is -3.61. The summed E-state index contributed by atoms with van der Waals surface area (Å²) >= 11 is 1.60. The number of unbranched alkanes of at least 4 members (excludes halogenated alkanes) is 2. The van der Waals surface area contributed by atoms with E-state index in [1.54, 1.807) is 23.5 Å². The van der Waals surface area contributed by atoms with Crippen molar-refractivity contribution >= 4 is 33.3 Å². The summed E-state index contributed by atoms with van der Waals surface area (Å²) in [6, 6.07) is 14.7. The van der Waals surface area contributed by atoms with Crippen LogP contribution in [0.4, 0.5) is 0 Å². The van der Waals surface area contributed by atoms with Crippen LogP contribution in [0.2, 0.25) is 0 Å². The number of hydrogen-bond donors (Lipinski definition) is 3. The average Bonchev–Trinajstić information content (AvgIpc) is 3.72. The quantitative estimate of drug-likeness (QED) is 0.0920. The predicted molar refractivity (Wildman–Crippen MR) is 211 cm³/mol. The van der Waals surface area contributed by atoms with E-state index in [2.05, 4.69) is 15.6 Å². The minimum absolute atomic E-state index is 0.133. The number of nitrogens with zero attached hydrogens (tertiary/aromatic N) is 2. The first kappa shape index (κ1) is 43.5. The van der Waals surface area contributed by atoms with Crippen LogP contribution < -0.4 is 10.6 Å². The zero-order chi connectivity index (χ0) is 39.1. The number of carbonyl (C=O) groups excluding carboxylic acids is 2. The molecule has 0 unspecified atom stereocenters. The second kappa shape index (κ2) is 21.2. The molecule has 3 atom stereocenters. The second-order valence-corrected chi connectivity index (χ2v) is 17.6. The number of ether oxygens (including phenoxy) is 2. The Morgan fingerprint density at radius 2 is 1.61 bits per heavy atom. The molecule has 2 heterocycles. The Morgan fingerprint density at radius 3 is 2.28 bits per heavy atom. The number of nitrogens with one attached hydrogen (secondary N) is 2. The lowest BCUT2D eigenvalue weighted by Gasteiger charge is -2.36. The number of aromatic nitrogens is 1. The topological polar surface area (TPSA) is 156 Å². The molecule has 4 rings (SSSR count). The highest BCUT2D eigenvalue weighted by atomic mass is 32.2. The van der Waals surface area contributed by atoms with E-state index in [4.69, 9.17) is 13.7 Å². The maximum atomic E-state index is 13.3. The summed E-state index contributed by atoms with van der Waals surface area (Å²) in [7, 11) is -3.61. The highest BCUT2D eigenvalue weighted by molar-refractivity contribution is 7.85. The number of thiazole rings is 1. The van der Waals surface area contributed by atoms with Crippen LogP contribution in [-0.2, 0) is 45.7 Å². The van der Waals surface area contributed by atoms with Crippen molar-refractivity contribution in [3.8, 4) is 10.4 Å². The molecule has 0 aliphatic carbocycles. The zero-order valence-electron chi connectivity index (χ0n) is 32.3. The van der Waals surface area contributed by atoms with Gasteiger partial charge in [0, 0.05) is 38.7 Å². The summed E-state index contributed by atoms with van der Waals surface area (Å²) in [5.74, 6) is -0.416. The summed E-state index contributed by atoms with van der Waals surface area (Å²) in [4.78, 5) is 33.7. The summed E-state index contributed by atoms with van der Waals surface area (Å²) < 4.78 is 40.7. The van der Waals surface area contributed by atoms with Gasteiger partial charge in [0.15, 0.2) is 0 Å². The number of hydrogen-bond acceptors (Lipinski definition) is 11. The Balaban J connectivity index is 1.08. The first-order valence-corrected chi connectivity index (χ1v) is 21.2. The van der Waals surface area contributed by atoms with Gasteiger partial charge in [0.1, 0.15) is 5.75 Å². The van der Waals surface area contributed by atoms with Gasteiger partial charge in [0.05, 0.1) is 54.7 Å². The van der Waals surface area contributed by atoms with E-state index in [1.807, 2.05) is 81.4 Å². The molecule has 12 nitrogen and oxygen atoms in total. The molecular weight excluding hydrogens is 729 g/mol. The molecule has 0 radical (unpaired) electrons. The molecule has 3 aromatic rings. The molecule has 0 saturated carbocycles. The number of amides is 2. The average molecular weight is 787 g/mol. The van der Waals surface area contributed by atoms with Gasteiger partial charge >= 0.3 is 0 Å². The van der Waals surface area contributed by atoms with Crippen molar-refractivity contribution in [3.05, 3.63) is 76.4 Å². The molecule has 298 valence electrons. The molecule has 2 aromatic carbocycles. The highest BCUT2D eigenvalue weighted by Gasteiger charge is 2.39. The van der Waals surface area contributed by atoms with Crippen LogP contribution in [0.15, 0.2) is 54.0 Å². The van der Waals surface area contributed by atoms with E-state index >= 15 is 0 Å². The number of aryl methyl sites for hydroxylation is 2. The lowest BCUT2D eigenvalue weighted by Crippen LogP contribution is -2.54.